The van der Waals surface area contributed by atoms with E-state index in [1.54, 1.807) is 19.2 Å². The minimum atomic E-state index is -0.288. The Bertz CT molecular complexity index is 1280. The van der Waals surface area contributed by atoms with Gasteiger partial charge in [0, 0.05) is 6.54 Å². The molecule has 1 amide bonds. The summed E-state index contributed by atoms with van der Waals surface area (Å²) in [6.07, 6.45) is 0.812. The molecule has 0 fully saturated rings. The first-order valence-electron chi connectivity index (χ1n) is 12.1. The van der Waals surface area contributed by atoms with Crippen LogP contribution in [0.5, 0.6) is 11.5 Å². The lowest BCUT2D eigenvalue weighted by atomic mass is 10.0. The highest BCUT2D eigenvalue weighted by Gasteiger charge is 2.20. The van der Waals surface area contributed by atoms with Crippen molar-refractivity contribution in [1.82, 2.24) is 14.9 Å². The van der Waals surface area contributed by atoms with E-state index in [0.29, 0.717) is 23.8 Å². The van der Waals surface area contributed by atoms with E-state index >= 15 is 0 Å². The summed E-state index contributed by atoms with van der Waals surface area (Å²) in [5.74, 6) is 2.55. The van der Waals surface area contributed by atoms with Gasteiger partial charge in [0.15, 0.2) is 0 Å². The Morgan fingerprint density at radius 1 is 0.971 bits per heavy atom. The first kappa shape index (κ1) is 24.3. The van der Waals surface area contributed by atoms with Crippen LogP contribution in [0.4, 0.5) is 0 Å². The molecule has 0 aliphatic rings. The molecule has 1 atom stereocenters. The van der Waals surface area contributed by atoms with Crippen molar-refractivity contribution in [2.24, 2.45) is 0 Å². The highest BCUT2D eigenvalue weighted by Crippen LogP contribution is 2.24. The molecule has 4 aromatic rings. The van der Waals surface area contributed by atoms with E-state index in [1.165, 1.54) is 5.56 Å². The summed E-state index contributed by atoms with van der Waals surface area (Å²) in [6.45, 7) is 7.65. The van der Waals surface area contributed by atoms with Crippen LogP contribution in [0.15, 0.2) is 72.8 Å². The van der Waals surface area contributed by atoms with Crippen molar-refractivity contribution in [2.45, 2.75) is 45.7 Å². The topological polar surface area (TPSA) is 65.4 Å². The Kier molecular flexibility index (Phi) is 7.70. The van der Waals surface area contributed by atoms with Crippen LogP contribution in [-0.2, 0) is 6.54 Å². The van der Waals surface area contributed by atoms with E-state index in [4.69, 9.17) is 14.5 Å². The Labute approximate surface area is 206 Å². The van der Waals surface area contributed by atoms with Crippen LogP contribution in [0, 0.1) is 0 Å². The van der Waals surface area contributed by atoms with Crippen molar-refractivity contribution < 1.29 is 14.3 Å². The van der Waals surface area contributed by atoms with E-state index in [-0.39, 0.29) is 11.9 Å². The largest absolute Gasteiger partial charge is 0.496 e. The monoisotopic (exact) mass is 471 g/mol. The number of nitrogens with zero attached hydrogens (tertiary/aromatic N) is 2. The minimum Gasteiger partial charge on any atom is -0.496 e. The number of carbonyl (C=O) groups excluding carboxylic acids is 1. The molecule has 4 rings (SSSR count). The summed E-state index contributed by atoms with van der Waals surface area (Å²) in [5.41, 5.74) is 3.76. The number of fused-ring (bicyclic) bond motifs is 1. The molecule has 0 bridgehead atoms. The molecule has 182 valence electrons. The zero-order valence-corrected chi connectivity index (χ0v) is 20.8. The third kappa shape index (κ3) is 5.65. The second-order valence-corrected chi connectivity index (χ2v) is 8.93. The molecule has 0 radical (unpaired) electrons. The van der Waals surface area contributed by atoms with E-state index in [9.17, 15) is 4.79 Å². The molecular formula is C29H33N3O3. The van der Waals surface area contributed by atoms with Crippen LogP contribution < -0.4 is 14.8 Å². The quantitative estimate of drug-likeness (QED) is 0.283. The SMILES string of the molecule is COc1ccccc1C(=O)NC(C)c1nc2ccccc2n1CCCOc1ccc(C(C)C)cc1. The number of methoxy groups -OCH3 is 1. The van der Waals surface area contributed by atoms with Gasteiger partial charge in [0.1, 0.15) is 17.3 Å². The molecule has 1 N–H and O–H groups in total. The average Bonchev–Trinajstić information content (AvgIpc) is 3.25. The van der Waals surface area contributed by atoms with Crippen molar-refractivity contribution in [1.29, 1.82) is 0 Å². The molecule has 3 aromatic carbocycles. The summed E-state index contributed by atoms with van der Waals surface area (Å²) in [4.78, 5) is 17.8. The maximum absolute atomic E-state index is 13.0. The number of imidazole rings is 1. The normalized spacial score (nSPS) is 12.0. The molecule has 0 aliphatic carbocycles. The van der Waals surface area contributed by atoms with E-state index in [1.807, 2.05) is 49.4 Å². The van der Waals surface area contributed by atoms with Gasteiger partial charge in [-0.1, -0.05) is 50.2 Å². The van der Waals surface area contributed by atoms with E-state index in [0.717, 1.165) is 35.6 Å². The summed E-state index contributed by atoms with van der Waals surface area (Å²) in [7, 11) is 1.57. The van der Waals surface area contributed by atoms with Gasteiger partial charge < -0.3 is 19.4 Å². The third-order valence-corrected chi connectivity index (χ3v) is 6.11. The smallest absolute Gasteiger partial charge is 0.255 e. The first-order valence-corrected chi connectivity index (χ1v) is 12.1. The number of ether oxygens (including phenoxy) is 2. The van der Waals surface area contributed by atoms with Gasteiger partial charge in [0.05, 0.1) is 36.4 Å². The van der Waals surface area contributed by atoms with E-state index in [2.05, 4.69) is 41.9 Å². The maximum atomic E-state index is 13.0. The van der Waals surface area contributed by atoms with E-state index < -0.39 is 0 Å². The van der Waals surface area contributed by atoms with Gasteiger partial charge in [-0.2, -0.15) is 0 Å². The molecule has 35 heavy (non-hydrogen) atoms. The predicted octanol–water partition coefficient (Wildman–Crippen LogP) is 6.13. The van der Waals surface area contributed by atoms with Gasteiger partial charge in [0.25, 0.3) is 5.91 Å². The van der Waals surface area contributed by atoms with Gasteiger partial charge >= 0.3 is 0 Å². The zero-order chi connectivity index (χ0) is 24.8. The van der Waals surface area contributed by atoms with Crippen LogP contribution in [0.3, 0.4) is 0 Å². The molecule has 0 saturated heterocycles. The molecule has 1 heterocycles. The second kappa shape index (κ2) is 11.1. The van der Waals surface area contributed by atoms with Crippen LogP contribution in [0.2, 0.25) is 0 Å². The number of aryl methyl sites for hydroxylation is 1. The third-order valence-electron chi connectivity index (χ3n) is 6.11. The summed E-state index contributed by atoms with van der Waals surface area (Å²) in [5, 5.41) is 3.09. The first-order chi connectivity index (χ1) is 17.0. The number of hydrogen-bond acceptors (Lipinski definition) is 4. The van der Waals surface area contributed by atoms with Crippen LogP contribution >= 0.6 is 0 Å². The Balaban J connectivity index is 1.46. The van der Waals surface area contributed by atoms with Crippen molar-refractivity contribution in [2.75, 3.05) is 13.7 Å². The average molecular weight is 472 g/mol. The molecular weight excluding hydrogens is 438 g/mol. The Morgan fingerprint density at radius 2 is 1.69 bits per heavy atom. The maximum Gasteiger partial charge on any atom is 0.255 e. The van der Waals surface area contributed by atoms with Crippen LogP contribution in [0.1, 0.15) is 60.9 Å². The van der Waals surface area contributed by atoms with Crippen LogP contribution in [0.25, 0.3) is 11.0 Å². The second-order valence-electron chi connectivity index (χ2n) is 8.93. The summed E-state index contributed by atoms with van der Waals surface area (Å²) < 4.78 is 13.5. The lowest BCUT2D eigenvalue weighted by Gasteiger charge is -2.17. The fourth-order valence-electron chi connectivity index (χ4n) is 4.19. The van der Waals surface area contributed by atoms with Gasteiger partial charge in [-0.25, -0.2) is 4.98 Å². The fraction of sp³-hybridized carbons (Fsp3) is 0.310. The lowest BCUT2D eigenvalue weighted by molar-refractivity contribution is 0.0934. The molecule has 1 unspecified atom stereocenters. The molecule has 6 heteroatoms. The Hall–Kier alpha value is -3.80. The van der Waals surface area contributed by atoms with Crippen LogP contribution in [-0.4, -0.2) is 29.2 Å². The molecule has 0 spiro atoms. The Morgan fingerprint density at radius 3 is 2.43 bits per heavy atom. The number of nitrogens with one attached hydrogen (secondary N) is 1. The van der Waals surface area contributed by atoms with Crippen molar-refractivity contribution >= 4 is 16.9 Å². The highest BCUT2D eigenvalue weighted by molar-refractivity contribution is 5.97. The zero-order valence-electron chi connectivity index (χ0n) is 20.8. The highest BCUT2D eigenvalue weighted by atomic mass is 16.5. The van der Waals surface area contributed by atoms with Crippen molar-refractivity contribution in [3.8, 4) is 11.5 Å². The van der Waals surface area contributed by atoms with Gasteiger partial charge in [0.2, 0.25) is 0 Å². The predicted molar refractivity (Wildman–Crippen MR) is 139 cm³/mol. The fourth-order valence-corrected chi connectivity index (χ4v) is 4.19. The summed E-state index contributed by atoms with van der Waals surface area (Å²) in [6, 6.07) is 23.3. The number of carbonyl (C=O) groups is 1. The van der Waals surface area contributed by atoms with Crippen molar-refractivity contribution in [3.63, 3.8) is 0 Å². The number of hydrogen-bond donors (Lipinski definition) is 1. The van der Waals surface area contributed by atoms with Gasteiger partial charge in [-0.05, 0) is 61.2 Å². The number of para-hydroxylation sites is 3. The standard InChI is InChI=1S/C29H33N3O3/c1-20(2)22-14-16-23(17-15-22)35-19-9-18-32-26-12-7-6-11-25(26)31-28(32)21(3)30-29(33)24-10-5-8-13-27(24)34-4/h5-8,10-17,20-21H,9,18-19H2,1-4H3,(H,30,33). The minimum absolute atomic E-state index is 0.193. The van der Waals surface area contributed by atoms with Gasteiger partial charge in [-0.3, -0.25) is 4.79 Å². The summed E-state index contributed by atoms with van der Waals surface area (Å²) >= 11 is 0. The number of aromatic nitrogens is 2. The molecule has 0 aliphatic heterocycles. The van der Waals surface area contributed by atoms with Crippen molar-refractivity contribution in [3.05, 3.63) is 89.7 Å². The van der Waals surface area contributed by atoms with Gasteiger partial charge in [-0.15, -0.1) is 0 Å². The molecule has 0 saturated carbocycles. The lowest BCUT2D eigenvalue weighted by Crippen LogP contribution is -2.29. The number of amides is 1. The number of benzene rings is 3. The molecule has 6 nitrogen and oxygen atoms in total. The molecule has 1 aromatic heterocycles. The number of rotatable bonds is 10.